The smallest absolute Gasteiger partial charge is 0.336 e. The molecule has 60 valence electrons. The average Bonchev–Trinajstić information content (AvgIpc) is 1.88. The minimum absolute atomic E-state index is 0.00486. The van der Waals surface area contributed by atoms with Crippen LogP contribution >= 0.6 is 0 Å². The van der Waals surface area contributed by atoms with Crippen LogP contribution in [0.4, 0.5) is 0 Å². The summed E-state index contributed by atoms with van der Waals surface area (Å²) in [5.41, 5.74) is 0. The van der Waals surface area contributed by atoms with Crippen molar-refractivity contribution in [2.24, 2.45) is 0 Å². The molecular weight excluding hydrogens is 142 g/mol. The van der Waals surface area contributed by atoms with Gasteiger partial charge in [0.05, 0.1) is 18.1 Å². The summed E-state index contributed by atoms with van der Waals surface area (Å²) >= 11 is 0. The molecule has 0 spiro atoms. The molecule has 0 radical (unpaired) electrons. The van der Waals surface area contributed by atoms with E-state index in [4.69, 9.17) is 10.2 Å². The molecule has 0 aliphatic carbocycles. The molecule has 0 aromatic rings. The Labute approximate surface area is 57.2 Å². The van der Waals surface area contributed by atoms with Gasteiger partial charge in [-0.2, -0.15) is 0 Å². The van der Waals surface area contributed by atoms with Crippen molar-refractivity contribution in [2.75, 3.05) is 19.8 Å². The highest BCUT2D eigenvalue weighted by molar-refractivity contribution is 4.34. The summed E-state index contributed by atoms with van der Waals surface area (Å²) in [7, 11) is 0. The van der Waals surface area contributed by atoms with E-state index in [9.17, 15) is 10.1 Å². The lowest BCUT2D eigenvalue weighted by molar-refractivity contribution is -0.574. The first-order chi connectivity index (χ1) is 4.68. The van der Waals surface area contributed by atoms with Crippen LogP contribution in [0, 0.1) is 10.1 Å². The molecule has 0 amide bonds. The van der Waals surface area contributed by atoms with Gasteiger partial charge in [-0.15, -0.1) is 0 Å². The van der Waals surface area contributed by atoms with Gasteiger partial charge >= 0.3 is 6.23 Å². The van der Waals surface area contributed by atoms with E-state index in [0.29, 0.717) is 0 Å². The normalized spacial score (nSPS) is 13.0. The van der Waals surface area contributed by atoms with Gasteiger partial charge in [-0.3, -0.25) is 10.1 Å². The molecule has 1 atom stereocenters. The Hall–Kier alpha value is -0.720. The van der Waals surface area contributed by atoms with Crippen LogP contribution in [0.15, 0.2) is 0 Å². The van der Waals surface area contributed by atoms with Crippen LogP contribution in [0.25, 0.3) is 0 Å². The van der Waals surface area contributed by atoms with Gasteiger partial charge in [-0.05, 0) is 0 Å². The third kappa shape index (κ3) is 4.19. The lowest BCUT2D eigenvalue weighted by atomic mass is 10.6. The van der Waals surface area contributed by atoms with Crippen molar-refractivity contribution in [1.82, 2.24) is 0 Å². The monoisotopic (exact) mass is 151 g/mol. The SMILES string of the molecule is O=[N+]([O-])C(O)COCCO. The highest BCUT2D eigenvalue weighted by Crippen LogP contribution is 1.84. The fourth-order valence-electron chi connectivity index (χ4n) is 0.314. The van der Waals surface area contributed by atoms with Gasteiger partial charge in [0.25, 0.3) is 0 Å². The molecule has 0 saturated heterocycles. The summed E-state index contributed by atoms with van der Waals surface area (Å²) in [6.07, 6.45) is -1.69. The minimum Gasteiger partial charge on any atom is -0.394 e. The standard InChI is InChI=1S/C4H9NO5/c6-1-2-10-3-4(7)5(8)9/h4,6-7H,1-3H2. The first-order valence-electron chi connectivity index (χ1n) is 2.68. The maximum Gasteiger partial charge on any atom is 0.336 e. The second-order valence-corrected chi connectivity index (χ2v) is 1.56. The molecule has 10 heavy (non-hydrogen) atoms. The van der Waals surface area contributed by atoms with E-state index >= 15 is 0 Å². The molecule has 6 nitrogen and oxygen atoms in total. The molecule has 0 aliphatic heterocycles. The highest BCUT2D eigenvalue weighted by Gasteiger charge is 2.13. The molecule has 0 heterocycles. The molecule has 0 bridgehead atoms. The number of nitrogens with zero attached hydrogens (tertiary/aromatic N) is 1. The summed E-state index contributed by atoms with van der Waals surface area (Å²) in [6, 6.07) is 0. The van der Waals surface area contributed by atoms with E-state index in [0.717, 1.165) is 0 Å². The summed E-state index contributed by atoms with van der Waals surface area (Å²) in [4.78, 5) is 8.84. The first-order valence-corrected chi connectivity index (χ1v) is 2.68. The molecule has 6 heteroatoms. The van der Waals surface area contributed by atoms with E-state index in [-0.39, 0.29) is 19.8 Å². The number of ether oxygens (including phenoxy) is 1. The number of rotatable bonds is 5. The third-order valence-corrected chi connectivity index (χ3v) is 0.746. The first kappa shape index (κ1) is 9.28. The van der Waals surface area contributed by atoms with Crippen LogP contribution in [0.3, 0.4) is 0 Å². The van der Waals surface area contributed by atoms with E-state index in [2.05, 4.69) is 4.74 Å². The van der Waals surface area contributed by atoms with Crippen LogP contribution in [0.2, 0.25) is 0 Å². The van der Waals surface area contributed by atoms with Gasteiger partial charge in [0.15, 0.2) is 0 Å². The number of hydrogen-bond donors (Lipinski definition) is 2. The van der Waals surface area contributed by atoms with Gasteiger partial charge in [0, 0.05) is 0 Å². The molecular formula is C4H9NO5. The summed E-state index contributed by atoms with van der Waals surface area (Å²) in [5.74, 6) is 0. The Balaban J connectivity index is 3.21. The zero-order valence-corrected chi connectivity index (χ0v) is 5.27. The maximum atomic E-state index is 9.71. The number of aliphatic hydroxyl groups excluding tert-OH is 2. The minimum atomic E-state index is -1.69. The average molecular weight is 151 g/mol. The Morgan fingerprint density at radius 3 is 2.70 bits per heavy atom. The molecule has 0 aromatic heterocycles. The van der Waals surface area contributed by atoms with Crippen molar-refractivity contribution in [3.8, 4) is 0 Å². The Morgan fingerprint density at radius 1 is 1.70 bits per heavy atom. The molecule has 0 aliphatic rings. The van der Waals surface area contributed by atoms with Crippen LogP contribution < -0.4 is 0 Å². The van der Waals surface area contributed by atoms with E-state index < -0.39 is 11.2 Å². The molecule has 0 aromatic carbocycles. The van der Waals surface area contributed by atoms with E-state index in [1.165, 1.54) is 0 Å². The van der Waals surface area contributed by atoms with Crippen molar-refractivity contribution in [2.45, 2.75) is 6.23 Å². The zero-order chi connectivity index (χ0) is 7.98. The summed E-state index contributed by atoms with van der Waals surface area (Å²) in [5, 5.41) is 26.3. The largest absolute Gasteiger partial charge is 0.394 e. The molecule has 2 N–H and O–H groups in total. The third-order valence-electron chi connectivity index (χ3n) is 0.746. The summed E-state index contributed by atoms with van der Waals surface area (Å²) in [6.45, 7) is -0.580. The Kier molecular flexibility index (Phi) is 4.73. The van der Waals surface area contributed by atoms with E-state index in [1.54, 1.807) is 0 Å². The predicted octanol–water partition coefficient (Wildman–Crippen LogP) is -1.41. The Bertz CT molecular complexity index is 106. The molecule has 0 rings (SSSR count). The fourth-order valence-corrected chi connectivity index (χ4v) is 0.314. The predicted molar refractivity (Wildman–Crippen MR) is 30.9 cm³/mol. The molecule has 0 fully saturated rings. The van der Waals surface area contributed by atoms with Crippen LogP contribution in [0.5, 0.6) is 0 Å². The van der Waals surface area contributed by atoms with Crippen molar-refractivity contribution >= 4 is 0 Å². The van der Waals surface area contributed by atoms with E-state index in [1.807, 2.05) is 0 Å². The van der Waals surface area contributed by atoms with Gasteiger partial charge < -0.3 is 14.9 Å². The van der Waals surface area contributed by atoms with Crippen LogP contribution in [0.1, 0.15) is 0 Å². The number of aliphatic hydroxyl groups is 2. The lowest BCUT2D eigenvalue weighted by Crippen LogP contribution is -2.25. The number of hydrogen-bond acceptors (Lipinski definition) is 5. The second kappa shape index (κ2) is 5.10. The van der Waals surface area contributed by atoms with Crippen molar-refractivity contribution in [3.63, 3.8) is 0 Å². The fraction of sp³-hybridized carbons (Fsp3) is 1.00. The van der Waals surface area contributed by atoms with Gasteiger partial charge in [0.1, 0.15) is 6.61 Å². The van der Waals surface area contributed by atoms with Crippen LogP contribution in [-0.4, -0.2) is 41.2 Å². The molecule has 0 saturated carbocycles. The van der Waals surface area contributed by atoms with Crippen molar-refractivity contribution < 1.29 is 19.9 Å². The van der Waals surface area contributed by atoms with Crippen LogP contribution in [-0.2, 0) is 4.74 Å². The quantitative estimate of drug-likeness (QED) is 0.218. The lowest BCUT2D eigenvalue weighted by Gasteiger charge is -2.01. The topological polar surface area (TPSA) is 92.8 Å². The zero-order valence-electron chi connectivity index (χ0n) is 5.27. The second-order valence-electron chi connectivity index (χ2n) is 1.56. The van der Waals surface area contributed by atoms with Crippen molar-refractivity contribution in [1.29, 1.82) is 0 Å². The molecule has 1 unspecified atom stereocenters. The van der Waals surface area contributed by atoms with Gasteiger partial charge in [-0.1, -0.05) is 0 Å². The summed E-state index contributed by atoms with van der Waals surface area (Å²) < 4.78 is 4.46. The highest BCUT2D eigenvalue weighted by atomic mass is 16.7. The Morgan fingerprint density at radius 2 is 2.30 bits per heavy atom. The van der Waals surface area contributed by atoms with Crippen molar-refractivity contribution in [3.05, 3.63) is 10.1 Å². The number of nitro groups is 1. The van der Waals surface area contributed by atoms with Gasteiger partial charge in [-0.25, -0.2) is 0 Å². The van der Waals surface area contributed by atoms with Gasteiger partial charge in [0.2, 0.25) is 0 Å². The maximum absolute atomic E-state index is 9.71.